The van der Waals surface area contributed by atoms with Gasteiger partial charge in [-0.05, 0) is 115 Å². The number of ether oxygens (including phenoxy) is 3. The molecule has 250 valence electrons. The van der Waals surface area contributed by atoms with Crippen molar-refractivity contribution in [3.63, 3.8) is 0 Å². The molecule has 1 aliphatic heterocycles. The summed E-state index contributed by atoms with van der Waals surface area (Å²) in [6.45, 7) is 5.95. The number of benzene rings is 5. The molecule has 1 saturated heterocycles. The zero-order valence-electron chi connectivity index (χ0n) is 27.5. The molecule has 7 rings (SSSR count). The number of ketones is 1. The number of hydrogen-bond donors (Lipinski definition) is 0. The van der Waals surface area contributed by atoms with E-state index in [1.807, 2.05) is 42.5 Å². The van der Waals surface area contributed by atoms with Crippen LogP contribution in [0, 0.1) is 5.92 Å². The third-order valence-corrected chi connectivity index (χ3v) is 9.95. The SMILES string of the molecule is CC1CCN(CCOc2ccc(C(=O)c3c(-c4ccc(OC(=O)c5ccccc5)cc4)sc4cc(OC(=O)c5ccccc5)ccc34)cc2)C1. The van der Waals surface area contributed by atoms with E-state index in [0.717, 1.165) is 51.8 Å². The van der Waals surface area contributed by atoms with Crippen molar-refractivity contribution in [2.24, 2.45) is 5.92 Å². The summed E-state index contributed by atoms with van der Waals surface area (Å²) in [5.41, 5.74) is 2.75. The molecule has 1 fully saturated rings. The van der Waals surface area contributed by atoms with Gasteiger partial charge in [0, 0.05) is 39.2 Å². The second kappa shape index (κ2) is 14.9. The van der Waals surface area contributed by atoms with E-state index in [0.29, 0.717) is 40.4 Å². The Morgan fingerprint density at radius 2 is 1.30 bits per heavy atom. The van der Waals surface area contributed by atoms with Gasteiger partial charge in [0.25, 0.3) is 0 Å². The Morgan fingerprint density at radius 3 is 1.92 bits per heavy atom. The summed E-state index contributed by atoms with van der Waals surface area (Å²) in [6.07, 6.45) is 1.22. The zero-order valence-corrected chi connectivity index (χ0v) is 28.4. The summed E-state index contributed by atoms with van der Waals surface area (Å²) in [5.74, 6) is 1.16. The minimum Gasteiger partial charge on any atom is -0.492 e. The number of carbonyl (C=O) groups excluding carboxylic acids is 3. The van der Waals surface area contributed by atoms with Gasteiger partial charge in [0.1, 0.15) is 23.9 Å². The Kier molecular flexibility index (Phi) is 9.82. The first-order chi connectivity index (χ1) is 24.4. The molecule has 2 heterocycles. The van der Waals surface area contributed by atoms with Gasteiger partial charge in [-0.1, -0.05) is 43.3 Å². The number of fused-ring (bicyclic) bond motifs is 1. The zero-order chi connectivity index (χ0) is 34.5. The summed E-state index contributed by atoms with van der Waals surface area (Å²) in [6, 6.07) is 37.3. The van der Waals surface area contributed by atoms with Gasteiger partial charge < -0.3 is 14.2 Å². The molecular formula is C42H35NO6S. The number of hydrogen-bond acceptors (Lipinski definition) is 8. The van der Waals surface area contributed by atoms with E-state index in [9.17, 15) is 14.4 Å². The molecule has 0 amide bonds. The summed E-state index contributed by atoms with van der Waals surface area (Å²) in [7, 11) is 0. The van der Waals surface area contributed by atoms with Gasteiger partial charge in [0.15, 0.2) is 5.78 Å². The van der Waals surface area contributed by atoms with E-state index in [4.69, 9.17) is 14.2 Å². The number of nitrogens with zero attached hydrogens (tertiary/aromatic N) is 1. The van der Waals surface area contributed by atoms with Crippen molar-refractivity contribution in [2.75, 3.05) is 26.2 Å². The predicted octanol–water partition coefficient (Wildman–Crippen LogP) is 8.96. The van der Waals surface area contributed by atoms with Crippen LogP contribution in [-0.4, -0.2) is 48.9 Å². The van der Waals surface area contributed by atoms with Crippen LogP contribution < -0.4 is 14.2 Å². The minimum atomic E-state index is -0.462. The standard InChI is InChI=1S/C42H35NO6S/c1-28-22-23-43(27-28)24-25-47-33-16-12-29(13-17-33)39(44)38-36-21-20-35(49-42(46)32-10-6-3-7-11-32)26-37(36)50-40(38)30-14-18-34(19-15-30)48-41(45)31-8-4-2-5-9-31/h2-21,26,28H,22-25,27H2,1H3. The first-order valence-corrected chi connectivity index (χ1v) is 17.4. The molecule has 0 saturated carbocycles. The Morgan fingerprint density at radius 1 is 0.700 bits per heavy atom. The molecule has 6 aromatic rings. The van der Waals surface area contributed by atoms with E-state index in [1.54, 1.807) is 84.9 Å². The van der Waals surface area contributed by atoms with Crippen LogP contribution in [0.15, 0.2) is 127 Å². The van der Waals surface area contributed by atoms with Crippen LogP contribution >= 0.6 is 11.3 Å². The molecule has 5 aromatic carbocycles. The molecule has 1 aromatic heterocycles. The van der Waals surface area contributed by atoms with Crippen LogP contribution in [0.3, 0.4) is 0 Å². The molecule has 1 aliphatic rings. The van der Waals surface area contributed by atoms with E-state index >= 15 is 0 Å². The van der Waals surface area contributed by atoms with Gasteiger partial charge in [0.2, 0.25) is 0 Å². The monoisotopic (exact) mass is 681 g/mol. The number of rotatable bonds is 11. The molecule has 7 nitrogen and oxygen atoms in total. The summed E-state index contributed by atoms with van der Waals surface area (Å²) >= 11 is 1.43. The fourth-order valence-electron chi connectivity index (χ4n) is 6.09. The number of esters is 2. The van der Waals surface area contributed by atoms with Crippen LogP contribution in [0.4, 0.5) is 0 Å². The Bertz CT molecular complexity index is 2130. The van der Waals surface area contributed by atoms with Crippen LogP contribution in [0.25, 0.3) is 20.5 Å². The number of thiophene rings is 1. The van der Waals surface area contributed by atoms with Crippen molar-refractivity contribution in [3.8, 4) is 27.7 Å². The van der Waals surface area contributed by atoms with Gasteiger partial charge >= 0.3 is 11.9 Å². The van der Waals surface area contributed by atoms with E-state index in [2.05, 4.69) is 11.8 Å². The van der Waals surface area contributed by atoms with Gasteiger partial charge in [-0.15, -0.1) is 11.3 Å². The first-order valence-electron chi connectivity index (χ1n) is 16.6. The van der Waals surface area contributed by atoms with E-state index in [-0.39, 0.29) is 5.78 Å². The lowest BCUT2D eigenvalue weighted by molar-refractivity contribution is 0.0725. The van der Waals surface area contributed by atoms with Crippen LogP contribution in [-0.2, 0) is 0 Å². The van der Waals surface area contributed by atoms with Crippen molar-refractivity contribution in [1.82, 2.24) is 4.90 Å². The summed E-state index contributed by atoms with van der Waals surface area (Å²) in [4.78, 5) is 42.8. The molecule has 0 aliphatic carbocycles. The second-order valence-electron chi connectivity index (χ2n) is 12.4. The molecule has 0 radical (unpaired) electrons. The third-order valence-electron chi connectivity index (χ3n) is 8.75. The highest BCUT2D eigenvalue weighted by atomic mass is 32.1. The smallest absolute Gasteiger partial charge is 0.343 e. The van der Waals surface area contributed by atoms with Crippen molar-refractivity contribution in [3.05, 3.63) is 150 Å². The van der Waals surface area contributed by atoms with Crippen LogP contribution in [0.2, 0.25) is 0 Å². The largest absolute Gasteiger partial charge is 0.492 e. The van der Waals surface area contributed by atoms with E-state index < -0.39 is 11.9 Å². The van der Waals surface area contributed by atoms with Gasteiger partial charge in [-0.3, -0.25) is 9.69 Å². The summed E-state index contributed by atoms with van der Waals surface area (Å²) in [5, 5.41) is 0.745. The fourth-order valence-corrected chi connectivity index (χ4v) is 7.33. The molecule has 1 unspecified atom stereocenters. The maximum Gasteiger partial charge on any atom is 0.343 e. The Hall–Kier alpha value is -5.57. The number of carbonyl (C=O) groups is 3. The topological polar surface area (TPSA) is 82.1 Å². The van der Waals surface area contributed by atoms with Crippen molar-refractivity contribution in [2.45, 2.75) is 13.3 Å². The van der Waals surface area contributed by atoms with Gasteiger partial charge in [-0.25, -0.2) is 9.59 Å². The van der Waals surface area contributed by atoms with Gasteiger partial charge in [0.05, 0.1) is 11.1 Å². The van der Waals surface area contributed by atoms with Crippen molar-refractivity contribution < 1.29 is 28.6 Å². The highest BCUT2D eigenvalue weighted by molar-refractivity contribution is 7.22. The maximum atomic E-state index is 14.3. The van der Waals surface area contributed by atoms with Crippen LogP contribution in [0.5, 0.6) is 17.2 Å². The minimum absolute atomic E-state index is 0.141. The Labute approximate surface area is 294 Å². The lowest BCUT2D eigenvalue weighted by Crippen LogP contribution is -2.25. The molecular weight excluding hydrogens is 647 g/mol. The molecule has 1 atom stereocenters. The third kappa shape index (κ3) is 7.52. The molecule has 50 heavy (non-hydrogen) atoms. The second-order valence-corrected chi connectivity index (χ2v) is 13.4. The lowest BCUT2D eigenvalue weighted by Gasteiger charge is -2.15. The van der Waals surface area contributed by atoms with Crippen molar-refractivity contribution >= 4 is 39.1 Å². The van der Waals surface area contributed by atoms with Crippen molar-refractivity contribution in [1.29, 1.82) is 0 Å². The van der Waals surface area contributed by atoms with Crippen LogP contribution in [0.1, 0.15) is 50.0 Å². The highest BCUT2D eigenvalue weighted by Gasteiger charge is 2.23. The number of likely N-dealkylation sites (tertiary alicyclic amines) is 1. The molecule has 0 N–H and O–H groups in total. The predicted molar refractivity (Wildman–Crippen MR) is 196 cm³/mol. The normalized spacial score (nSPS) is 14.4. The average Bonchev–Trinajstić information content (AvgIpc) is 3.75. The first kappa shape index (κ1) is 33.0. The summed E-state index contributed by atoms with van der Waals surface area (Å²) < 4.78 is 18.1. The molecule has 8 heteroatoms. The average molecular weight is 682 g/mol. The lowest BCUT2D eigenvalue weighted by atomic mass is 9.97. The Balaban J connectivity index is 1.16. The molecule has 0 bridgehead atoms. The quantitative estimate of drug-likeness (QED) is 0.0767. The maximum absolute atomic E-state index is 14.3. The highest BCUT2D eigenvalue weighted by Crippen LogP contribution is 2.42. The molecule has 0 spiro atoms. The van der Waals surface area contributed by atoms with Gasteiger partial charge in [-0.2, -0.15) is 0 Å². The fraction of sp³-hybridized carbons (Fsp3) is 0.167. The van der Waals surface area contributed by atoms with E-state index in [1.165, 1.54) is 17.8 Å².